The van der Waals surface area contributed by atoms with Crippen LogP contribution in [0.2, 0.25) is 0 Å². The Morgan fingerprint density at radius 3 is 2.82 bits per heavy atom. The summed E-state index contributed by atoms with van der Waals surface area (Å²) in [4.78, 5) is 25.6. The highest BCUT2D eigenvalue weighted by Crippen LogP contribution is 2.18. The lowest BCUT2D eigenvalue weighted by molar-refractivity contribution is 1.19. The van der Waals surface area contributed by atoms with E-state index in [0.717, 1.165) is 11.1 Å². The molecule has 0 spiro atoms. The first-order chi connectivity index (χ1) is 8.24. The number of aromatic amines is 2. The fraction of sp³-hybridized carbons (Fsp3) is 0.0833. The Bertz CT molecular complexity index is 741. The number of fused-ring (bicyclic) bond motifs is 1. The third kappa shape index (κ3) is 1.61. The van der Waals surface area contributed by atoms with Gasteiger partial charge in [-0.15, -0.1) is 0 Å². The highest BCUT2D eigenvalue weighted by atomic mass is 16.1. The molecule has 5 heteroatoms. The normalized spacial score (nSPS) is 10.9. The number of H-pyrrole nitrogens is 2. The minimum Gasteiger partial charge on any atom is -0.335 e. The molecule has 2 N–H and O–H groups in total. The van der Waals surface area contributed by atoms with Gasteiger partial charge in [0.15, 0.2) is 11.5 Å². The molecule has 0 radical (unpaired) electrons. The second kappa shape index (κ2) is 3.55. The highest BCUT2D eigenvalue weighted by Gasteiger charge is 2.07. The molecule has 0 unspecified atom stereocenters. The van der Waals surface area contributed by atoms with Crippen molar-refractivity contribution in [1.82, 2.24) is 19.9 Å². The van der Waals surface area contributed by atoms with Crippen LogP contribution in [0, 0.1) is 6.92 Å². The third-order valence-electron chi connectivity index (χ3n) is 2.62. The fourth-order valence-corrected chi connectivity index (χ4v) is 1.75. The lowest BCUT2D eigenvalue weighted by atomic mass is 10.3. The SMILES string of the molecule is Cc1ccnc2nc(-c3cccc(=O)[nH]3)[nH]c12. The summed E-state index contributed by atoms with van der Waals surface area (Å²) in [7, 11) is 0. The number of hydrogen-bond donors (Lipinski definition) is 2. The van der Waals surface area contributed by atoms with Crippen molar-refractivity contribution in [2.24, 2.45) is 0 Å². The molecule has 0 aliphatic heterocycles. The summed E-state index contributed by atoms with van der Waals surface area (Å²) in [5, 5.41) is 0. The molecule has 5 nitrogen and oxygen atoms in total. The molecule has 0 saturated heterocycles. The van der Waals surface area contributed by atoms with Gasteiger partial charge in [0.2, 0.25) is 5.56 Å². The van der Waals surface area contributed by atoms with Crippen LogP contribution < -0.4 is 5.56 Å². The number of hydrogen-bond acceptors (Lipinski definition) is 3. The van der Waals surface area contributed by atoms with E-state index in [-0.39, 0.29) is 5.56 Å². The van der Waals surface area contributed by atoms with Crippen molar-refractivity contribution in [3.05, 3.63) is 46.4 Å². The molecule has 0 atom stereocenters. The van der Waals surface area contributed by atoms with Crippen molar-refractivity contribution in [2.45, 2.75) is 6.92 Å². The van der Waals surface area contributed by atoms with Gasteiger partial charge in [-0.2, -0.15) is 0 Å². The predicted octanol–water partition coefficient (Wildman–Crippen LogP) is 1.62. The Morgan fingerprint density at radius 2 is 2.06 bits per heavy atom. The average molecular weight is 226 g/mol. The topological polar surface area (TPSA) is 74.4 Å². The van der Waals surface area contributed by atoms with Gasteiger partial charge in [-0.25, -0.2) is 9.97 Å². The van der Waals surface area contributed by atoms with Crippen LogP contribution in [0.25, 0.3) is 22.7 Å². The van der Waals surface area contributed by atoms with Crippen LogP contribution in [-0.4, -0.2) is 19.9 Å². The first-order valence-corrected chi connectivity index (χ1v) is 5.25. The average Bonchev–Trinajstić information content (AvgIpc) is 2.74. The summed E-state index contributed by atoms with van der Waals surface area (Å²) < 4.78 is 0. The van der Waals surface area contributed by atoms with Crippen molar-refractivity contribution in [3.8, 4) is 11.5 Å². The highest BCUT2D eigenvalue weighted by molar-refractivity contribution is 5.77. The van der Waals surface area contributed by atoms with Crippen molar-refractivity contribution in [3.63, 3.8) is 0 Å². The lowest BCUT2D eigenvalue weighted by Gasteiger charge is -1.94. The first kappa shape index (κ1) is 9.77. The number of pyridine rings is 2. The van der Waals surface area contributed by atoms with E-state index in [1.807, 2.05) is 13.0 Å². The van der Waals surface area contributed by atoms with Crippen molar-refractivity contribution >= 4 is 11.2 Å². The molecular formula is C12H10N4O. The summed E-state index contributed by atoms with van der Waals surface area (Å²) in [5.74, 6) is 0.625. The van der Waals surface area contributed by atoms with Crippen LogP contribution in [0.15, 0.2) is 35.3 Å². The molecule has 3 heterocycles. The van der Waals surface area contributed by atoms with Crippen LogP contribution in [0.1, 0.15) is 5.56 Å². The van der Waals surface area contributed by atoms with E-state index in [1.54, 1.807) is 18.3 Å². The van der Waals surface area contributed by atoms with Gasteiger partial charge >= 0.3 is 0 Å². The van der Waals surface area contributed by atoms with Gasteiger partial charge < -0.3 is 9.97 Å². The summed E-state index contributed by atoms with van der Waals surface area (Å²) >= 11 is 0. The van der Waals surface area contributed by atoms with E-state index in [1.165, 1.54) is 6.07 Å². The van der Waals surface area contributed by atoms with E-state index in [9.17, 15) is 4.79 Å². The molecule has 0 saturated carbocycles. The summed E-state index contributed by atoms with van der Waals surface area (Å²) in [6.45, 7) is 1.99. The molecule has 3 aromatic rings. The second-order valence-electron chi connectivity index (χ2n) is 3.84. The second-order valence-corrected chi connectivity index (χ2v) is 3.84. The standard InChI is InChI=1S/C12H10N4O/c1-7-5-6-13-12-10(7)15-11(16-12)8-3-2-4-9(17)14-8/h2-6H,1H3,(H,14,17)(H,13,15,16). The molecule has 0 fully saturated rings. The Balaban J connectivity index is 2.25. The largest absolute Gasteiger partial charge is 0.335 e. The molecular weight excluding hydrogens is 216 g/mol. The predicted molar refractivity (Wildman–Crippen MR) is 64.7 cm³/mol. The van der Waals surface area contributed by atoms with E-state index < -0.39 is 0 Å². The van der Waals surface area contributed by atoms with Gasteiger partial charge in [0.25, 0.3) is 0 Å². The van der Waals surface area contributed by atoms with E-state index >= 15 is 0 Å². The molecule has 0 aromatic carbocycles. The van der Waals surface area contributed by atoms with Gasteiger partial charge in [0.1, 0.15) is 0 Å². The van der Waals surface area contributed by atoms with Gasteiger partial charge in [0.05, 0.1) is 11.2 Å². The molecule has 0 bridgehead atoms. The molecule has 0 aliphatic carbocycles. The fourth-order valence-electron chi connectivity index (χ4n) is 1.75. The van der Waals surface area contributed by atoms with Gasteiger partial charge in [-0.1, -0.05) is 6.07 Å². The van der Waals surface area contributed by atoms with Crippen LogP contribution in [-0.2, 0) is 0 Å². The first-order valence-electron chi connectivity index (χ1n) is 5.25. The number of aromatic nitrogens is 4. The Hall–Kier alpha value is -2.43. The summed E-state index contributed by atoms with van der Waals surface area (Å²) in [6, 6.07) is 6.88. The van der Waals surface area contributed by atoms with E-state index in [4.69, 9.17) is 0 Å². The summed E-state index contributed by atoms with van der Waals surface area (Å²) in [5.41, 5.74) is 3.14. The van der Waals surface area contributed by atoms with Gasteiger partial charge in [-0.3, -0.25) is 4.79 Å². The third-order valence-corrected chi connectivity index (χ3v) is 2.62. The Labute approximate surface area is 96.6 Å². The van der Waals surface area contributed by atoms with Crippen molar-refractivity contribution in [2.75, 3.05) is 0 Å². The maximum Gasteiger partial charge on any atom is 0.248 e. The quantitative estimate of drug-likeness (QED) is 0.662. The Kier molecular flexibility index (Phi) is 2.04. The smallest absolute Gasteiger partial charge is 0.248 e. The summed E-state index contributed by atoms with van der Waals surface area (Å²) in [6.07, 6.45) is 1.72. The lowest BCUT2D eigenvalue weighted by Crippen LogP contribution is -2.03. The molecule has 84 valence electrons. The van der Waals surface area contributed by atoms with Gasteiger partial charge in [0, 0.05) is 12.3 Å². The molecule has 3 rings (SSSR count). The Morgan fingerprint density at radius 1 is 1.18 bits per heavy atom. The number of nitrogens with zero attached hydrogens (tertiary/aromatic N) is 2. The van der Waals surface area contributed by atoms with Gasteiger partial charge in [-0.05, 0) is 24.6 Å². The minimum absolute atomic E-state index is 0.146. The van der Waals surface area contributed by atoms with E-state index in [2.05, 4.69) is 19.9 Å². The van der Waals surface area contributed by atoms with Crippen LogP contribution >= 0.6 is 0 Å². The van der Waals surface area contributed by atoms with Crippen molar-refractivity contribution < 1.29 is 0 Å². The van der Waals surface area contributed by atoms with Crippen molar-refractivity contribution in [1.29, 1.82) is 0 Å². The van der Waals surface area contributed by atoms with Crippen LogP contribution in [0.4, 0.5) is 0 Å². The minimum atomic E-state index is -0.146. The molecule has 0 aliphatic rings. The number of rotatable bonds is 1. The maximum atomic E-state index is 11.2. The number of nitrogens with one attached hydrogen (secondary N) is 2. The number of aryl methyl sites for hydroxylation is 1. The monoisotopic (exact) mass is 226 g/mol. The van der Waals surface area contributed by atoms with E-state index in [0.29, 0.717) is 17.2 Å². The zero-order valence-corrected chi connectivity index (χ0v) is 9.19. The van der Waals surface area contributed by atoms with Crippen LogP contribution in [0.3, 0.4) is 0 Å². The maximum absolute atomic E-state index is 11.2. The zero-order chi connectivity index (χ0) is 11.8. The van der Waals surface area contributed by atoms with Crippen LogP contribution in [0.5, 0.6) is 0 Å². The zero-order valence-electron chi connectivity index (χ0n) is 9.19. The number of imidazole rings is 1. The molecule has 0 amide bonds. The molecule has 3 aromatic heterocycles. The molecule has 17 heavy (non-hydrogen) atoms.